The number of likely N-dealkylation sites (N-methyl/N-ethyl adjacent to an activating group) is 1. The first kappa shape index (κ1) is 12.3. The predicted octanol–water partition coefficient (Wildman–Crippen LogP) is 1.33. The SMILES string of the molecule is Cc1ccnc(NC(=S)N2CCN(C)CC2)c1. The lowest BCUT2D eigenvalue weighted by atomic mass is 10.3. The predicted molar refractivity (Wildman–Crippen MR) is 74.3 cm³/mol. The fourth-order valence-corrected chi connectivity index (χ4v) is 2.09. The maximum atomic E-state index is 5.39. The van der Waals surface area contributed by atoms with E-state index in [1.807, 2.05) is 19.1 Å². The normalized spacial score (nSPS) is 16.9. The van der Waals surface area contributed by atoms with Gasteiger partial charge in [-0.05, 0) is 43.9 Å². The molecule has 1 aliphatic heterocycles. The number of thiocarbonyl (C=S) groups is 1. The summed E-state index contributed by atoms with van der Waals surface area (Å²) in [5, 5.41) is 3.97. The first-order valence-electron chi connectivity index (χ1n) is 5.82. The minimum Gasteiger partial charge on any atom is -0.346 e. The minimum absolute atomic E-state index is 0.774. The Bertz CT molecular complexity index is 399. The summed E-state index contributed by atoms with van der Waals surface area (Å²) >= 11 is 5.39. The van der Waals surface area contributed by atoms with Crippen LogP contribution in [0.3, 0.4) is 0 Å². The van der Waals surface area contributed by atoms with Gasteiger partial charge in [0.05, 0.1) is 0 Å². The zero-order valence-corrected chi connectivity index (χ0v) is 11.1. The van der Waals surface area contributed by atoms with Crippen molar-refractivity contribution in [3.05, 3.63) is 23.9 Å². The molecule has 1 aliphatic rings. The summed E-state index contributed by atoms with van der Waals surface area (Å²) < 4.78 is 0. The lowest BCUT2D eigenvalue weighted by molar-refractivity contribution is 0.217. The summed E-state index contributed by atoms with van der Waals surface area (Å²) in [6.45, 7) is 6.13. The highest BCUT2D eigenvalue weighted by Crippen LogP contribution is 2.08. The second kappa shape index (κ2) is 5.42. The third kappa shape index (κ3) is 3.38. The van der Waals surface area contributed by atoms with Crippen molar-refractivity contribution in [3.63, 3.8) is 0 Å². The van der Waals surface area contributed by atoms with E-state index in [1.54, 1.807) is 6.20 Å². The van der Waals surface area contributed by atoms with Crippen LogP contribution >= 0.6 is 12.2 Å². The van der Waals surface area contributed by atoms with E-state index in [0.29, 0.717) is 0 Å². The number of hydrogen-bond acceptors (Lipinski definition) is 3. The van der Waals surface area contributed by atoms with Gasteiger partial charge in [0, 0.05) is 32.4 Å². The fraction of sp³-hybridized carbons (Fsp3) is 0.500. The van der Waals surface area contributed by atoms with Crippen LogP contribution in [0.4, 0.5) is 5.82 Å². The van der Waals surface area contributed by atoms with Crippen molar-refractivity contribution < 1.29 is 0 Å². The van der Waals surface area contributed by atoms with Crippen LogP contribution in [0.25, 0.3) is 0 Å². The highest BCUT2D eigenvalue weighted by molar-refractivity contribution is 7.80. The number of piperazine rings is 1. The van der Waals surface area contributed by atoms with Gasteiger partial charge in [-0.25, -0.2) is 4.98 Å². The topological polar surface area (TPSA) is 31.4 Å². The summed E-state index contributed by atoms with van der Waals surface area (Å²) in [4.78, 5) is 8.76. The second-order valence-electron chi connectivity index (χ2n) is 4.44. The van der Waals surface area contributed by atoms with E-state index in [1.165, 1.54) is 5.56 Å². The molecule has 2 rings (SSSR count). The highest BCUT2D eigenvalue weighted by atomic mass is 32.1. The van der Waals surface area contributed by atoms with Gasteiger partial charge in [-0.3, -0.25) is 0 Å². The van der Waals surface area contributed by atoms with Gasteiger partial charge in [0.2, 0.25) is 0 Å². The van der Waals surface area contributed by atoms with E-state index in [-0.39, 0.29) is 0 Å². The summed E-state index contributed by atoms with van der Waals surface area (Å²) in [6.07, 6.45) is 1.80. The largest absolute Gasteiger partial charge is 0.346 e. The molecule has 0 amide bonds. The van der Waals surface area contributed by atoms with Gasteiger partial charge < -0.3 is 15.1 Å². The van der Waals surface area contributed by atoms with Crippen LogP contribution in [0.2, 0.25) is 0 Å². The van der Waals surface area contributed by atoms with Crippen LogP contribution in [-0.2, 0) is 0 Å². The van der Waals surface area contributed by atoms with Crippen molar-refractivity contribution in [2.75, 3.05) is 38.5 Å². The Labute approximate surface area is 108 Å². The first-order valence-corrected chi connectivity index (χ1v) is 6.23. The molecule has 0 unspecified atom stereocenters. The molecule has 1 aromatic heterocycles. The summed E-state index contributed by atoms with van der Waals surface area (Å²) in [5.74, 6) is 0.828. The Morgan fingerprint density at radius 2 is 2.06 bits per heavy atom. The average molecular weight is 250 g/mol. The summed E-state index contributed by atoms with van der Waals surface area (Å²) in [6, 6.07) is 3.98. The van der Waals surface area contributed by atoms with E-state index < -0.39 is 0 Å². The number of nitrogens with one attached hydrogen (secondary N) is 1. The van der Waals surface area contributed by atoms with Gasteiger partial charge in [0.25, 0.3) is 0 Å². The molecule has 1 N–H and O–H groups in total. The molecular weight excluding hydrogens is 232 g/mol. The van der Waals surface area contributed by atoms with E-state index in [0.717, 1.165) is 37.1 Å². The molecule has 0 bridgehead atoms. The Balaban J connectivity index is 1.93. The van der Waals surface area contributed by atoms with Crippen molar-refractivity contribution in [2.45, 2.75) is 6.92 Å². The van der Waals surface area contributed by atoms with Crippen LogP contribution in [0.5, 0.6) is 0 Å². The zero-order valence-electron chi connectivity index (χ0n) is 10.3. The number of aryl methyl sites for hydroxylation is 1. The number of pyridine rings is 1. The molecule has 0 saturated carbocycles. The van der Waals surface area contributed by atoms with Crippen molar-refractivity contribution >= 4 is 23.1 Å². The monoisotopic (exact) mass is 250 g/mol. The van der Waals surface area contributed by atoms with Gasteiger partial charge in [0.1, 0.15) is 5.82 Å². The molecule has 1 saturated heterocycles. The molecule has 5 heteroatoms. The Morgan fingerprint density at radius 1 is 1.35 bits per heavy atom. The van der Waals surface area contributed by atoms with E-state index in [9.17, 15) is 0 Å². The highest BCUT2D eigenvalue weighted by Gasteiger charge is 2.16. The van der Waals surface area contributed by atoms with E-state index in [2.05, 4.69) is 27.1 Å². The summed E-state index contributed by atoms with van der Waals surface area (Å²) in [7, 11) is 2.13. The van der Waals surface area contributed by atoms with Crippen LogP contribution in [0.1, 0.15) is 5.56 Å². The second-order valence-corrected chi connectivity index (χ2v) is 4.83. The zero-order chi connectivity index (χ0) is 12.3. The van der Waals surface area contributed by atoms with E-state index >= 15 is 0 Å². The Hall–Kier alpha value is -1.20. The third-order valence-electron chi connectivity index (χ3n) is 2.94. The Kier molecular flexibility index (Phi) is 3.91. The van der Waals surface area contributed by atoms with Crippen molar-refractivity contribution in [1.82, 2.24) is 14.8 Å². The molecule has 1 aromatic rings. The minimum atomic E-state index is 0.774. The molecule has 0 aromatic carbocycles. The molecule has 4 nitrogen and oxygen atoms in total. The van der Waals surface area contributed by atoms with Gasteiger partial charge in [-0.2, -0.15) is 0 Å². The lowest BCUT2D eigenvalue weighted by Gasteiger charge is -2.34. The van der Waals surface area contributed by atoms with Crippen molar-refractivity contribution in [3.8, 4) is 0 Å². The molecule has 0 aliphatic carbocycles. The average Bonchev–Trinajstić information content (AvgIpc) is 2.29. The molecule has 0 spiro atoms. The van der Waals surface area contributed by atoms with Crippen molar-refractivity contribution in [1.29, 1.82) is 0 Å². The molecule has 2 heterocycles. The number of anilines is 1. The quantitative estimate of drug-likeness (QED) is 0.760. The maximum Gasteiger partial charge on any atom is 0.174 e. The van der Waals surface area contributed by atoms with Gasteiger partial charge in [-0.15, -0.1) is 0 Å². The fourth-order valence-electron chi connectivity index (χ4n) is 1.80. The molecular formula is C12H18N4S. The van der Waals surface area contributed by atoms with Crippen LogP contribution in [0, 0.1) is 6.92 Å². The standard InChI is InChI=1S/C12H18N4S/c1-10-3-4-13-11(9-10)14-12(17)16-7-5-15(2)6-8-16/h3-4,9H,5-8H2,1-2H3,(H,13,14,17). The molecule has 17 heavy (non-hydrogen) atoms. The lowest BCUT2D eigenvalue weighted by Crippen LogP contribution is -2.48. The first-order chi connectivity index (χ1) is 8.15. The van der Waals surface area contributed by atoms with Crippen molar-refractivity contribution in [2.24, 2.45) is 0 Å². The molecule has 1 fully saturated rings. The Morgan fingerprint density at radius 3 is 2.71 bits per heavy atom. The number of nitrogens with zero attached hydrogens (tertiary/aromatic N) is 3. The van der Waals surface area contributed by atoms with Gasteiger partial charge >= 0.3 is 0 Å². The molecule has 0 atom stereocenters. The van der Waals surface area contributed by atoms with Crippen LogP contribution < -0.4 is 5.32 Å². The van der Waals surface area contributed by atoms with Crippen LogP contribution in [-0.4, -0.2) is 53.1 Å². The molecule has 92 valence electrons. The summed E-state index contributed by atoms with van der Waals surface area (Å²) in [5.41, 5.74) is 1.18. The smallest absolute Gasteiger partial charge is 0.174 e. The number of aromatic nitrogens is 1. The maximum absolute atomic E-state index is 5.39. The van der Waals surface area contributed by atoms with Gasteiger partial charge in [-0.1, -0.05) is 0 Å². The molecule has 0 radical (unpaired) electrons. The third-order valence-corrected chi connectivity index (χ3v) is 3.30. The van der Waals surface area contributed by atoms with E-state index in [4.69, 9.17) is 12.2 Å². The number of rotatable bonds is 1. The van der Waals surface area contributed by atoms with Crippen LogP contribution in [0.15, 0.2) is 18.3 Å². The number of hydrogen-bond donors (Lipinski definition) is 1. The van der Waals surface area contributed by atoms with Gasteiger partial charge in [0.15, 0.2) is 5.11 Å².